The van der Waals surface area contributed by atoms with Crippen LogP contribution in [0.1, 0.15) is 41.1 Å². The van der Waals surface area contributed by atoms with Crippen molar-refractivity contribution >= 4 is 5.97 Å². The highest BCUT2D eigenvalue weighted by molar-refractivity contribution is 5.89. The number of nitrogens with zero attached hydrogens (tertiary/aromatic N) is 1. The Morgan fingerprint density at radius 3 is 2.27 bits per heavy atom. The van der Waals surface area contributed by atoms with Crippen LogP contribution in [0.3, 0.4) is 0 Å². The van der Waals surface area contributed by atoms with Gasteiger partial charge in [0, 0.05) is 17.9 Å². The van der Waals surface area contributed by atoms with Crippen LogP contribution in [-0.4, -0.2) is 37.1 Å². The predicted octanol–water partition coefficient (Wildman–Crippen LogP) is 4.36. The van der Waals surface area contributed by atoms with Crippen molar-refractivity contribution in [1.29, 1.82) is 0 Å². The summed E-state index contributed by atoms with van der Waals surface area (Å²) in [6.45, 7) is 0. The molecule has 0 unspecified atom stereocenters. The van der Waals surface area contributed by atoms with Crippen LogP contribution < -0.4 is 0 Å². The van der Waals surface area contributed by atoms with Crippen LogP contribution in [-0.2, 0) is 4.74 Å². The molecule has 3 aliphatic carbocycles. The molecule has 3 saturated carbocycles. The lowest BCUT2D eigenvalue weighted by Crippen LogP contribution is -2.56. The average molecular weight is 349 g/mol. The van der Waals surface area contributed by atoms with Crippen molar-refractivity contribution in [2.75, 3.05) is 14.1 Å². The van der Waals surface area contributed by atoms with E-state index in [0.29, 0.717) is 29.4 Å². The fraction of sp³-hybridized carbons (Fsp3) is 0.435. The second kappa shape index (κ2) is 7.24. The van der Waals surface area contributed by atoms with Crippen LogP contribution in [0.4, 0.5) is 0 Å². The molecule has 0 heterocycles. The second-order valence-corrected chi connectivity index (χ2v) is 7.94. The lowest BCUT2D eigenvalue weighted by Gasteiger charge is -2.54. The van der Waals surface area contributed by atoms with Crippen LogP contribution >= 0.6 is 0 Å². The first-order chi connectivity index (χ1) is 12.6. The van der Waals surface area contributed by atoms with E-state index in [0.717, 1.165) is 12.8 Å². The molecule has 0 saturated heterocycles. The average Bonchev–Trinajstić information content (AvgIpc) is 2.69. The number of likely N-dealkylation sites (N-methyl/N-ethyl adjacent to an activating group) is 1. The van der Waals surface area contributed by atoms with Gasteiger partial charge in [-0.1, -0.05) is 48.5 Å². The van der Waals surface area contributed by atoms with Gasteiger partial charge in [-0.25, -0.2) is 4.79 Å². The Bertz CT molecular complexity index is 743. The van der Waals surface area contributed by atoms with E-state index >= 15 is 0 Å². The van der Waals surface area contributed by atoms with E-state index < -0.39 is 0 Å². The molecule has 2 aromatic rings. The van der Waals surface area contributed by atoms with Gasteiger partial charge in [0.2, 0.25) is 0 Å². The molecule has 0 spiro atoms. The van der Waals surface area contributed by atoms with Gasteiger partial charge in [-0.3, -0.25) is 0 Å². The minimum Gasteiger partial charge on any atom is -0.458 e. The molecular weight excluding hydrogens is 322 g/mol. The van der Waals surface area contributed by atoms with Crippen molar-refractivity contribution in [1.82, 2.24) is 4.90 Å². The molecule has 0 radical (unpaired) electrons. The van der Waals surface area contributed by atoms with E-state index in [1.54, 1.807) is 0 Å². The summed E-state index contributed by atoms with van der Waals surface area (Å²) >= 11 is 0. The standard InChI is InChI=1S/C23H27NO2/c1-24(2)22-19-14-13-18(21(22)16-9-5-3-6-10-16)15-20(19)26-23(25)17-11-7-4-8-12-17/h3-12,18-22H,13-15H2,1-2H3/t18-,19+,20-,21-,22-/m0/s1. The topological polar surface area (TPSA) is 29.5 Å². The number of fused-ring (bicyclic) bond motifs is 3. The molecular formula is C23H27NO2. The highest BCUT2D eigenvalue weighted by atomic mass is 16.5. The lowest BCUT2D eigenvalue weighted by molar-refractivity contribution is -0.0746. The van der Waals surface area contributed by atoms with Gasteiger partial charge in [-0.2, -0.15) is 0 Å². The van der Waals surface area contributed by atoms with Crippen molar-refractivity contribution < 1.29 is 9.53 Å². The summed E-state index contributed by atoms with van der Waals surface area (Å²) in [4.78, 5) is 14.9. The summed E-state index contributed by atoms with van der Waals surface area (Å²) in [5.74, 6) is 1.31. The minimum absolute atomic E-state index is 0.0221. The number of carbonyl (C=O) groups excluding carboxylic acids is 1. The van der Waals surface area contributed by atoms with Gasteiger partial charge < -0.3 is 9.64 Å². The van der Waals surface area contributed by atoms with Crippen molar-refractivity contribution in [3.05, 3.63) is 71.8 Å². The Balaban J connectivity index is 1.57. The van der Waals surface area contributed by atoms with Gasteiger partial charge in [0.25, 0.3) is 0 Å². The molecule has 3 fully saturated rings. The number of benzene rings is 2. The van der Waals surface area contributed by atoms with Gasteiger partial charge in [0.1, 0.15) is 6.10 Å². The second-order valence-electron chi connectivity index (χ2n) is 7.94. The smallest absolute Gasteiger partial charge is 0.338 e. The monoisotopic (exact) mass is 349 g/mol. The maximum Gasteiger partial charge on any atom is 0.338 e. The summed E-state index contributed by atoms with van der Waals surface area (Å²) in [5.41, 5.74) is 2.07. The number of rotatable bonds is 4. The Kier molecular flexibility index (Phi) is 4.82. The molecule has 3 heteroatoms. The molecule has 5 atom stereocenters. The minimum atomic E-state index is -0.183. The van der Waals surface area contributed by atoms with Crippen LogP contribution in [0.5, 0.6) is 0 Å². The molecule has 2 aromatic carbocycles. The van der Waals surface area contributed by atoms with E-state index in [1.807, 2.05) is 30.3 Å². The third-order valence-electron chi connectivity index (χ3n) is 6.25. The molecule has 0 aliphatic heterocycles. The molecule has 0 amide bonds. The van der Waals surface area contributed by atoms with E-state index in [4.69, 9.17) is 4.74 Å². The third-order valence-corrected chi connectivity index (χ3v) is 6.25. The first-order valence-corrected chi connectivity index (χ1v) is 9.62. The van der Waals surface area contributed by atoms with Crippen molar-refractivity contribution in [3.63, 3.8) is 0 Å². The highest BCUT2D eigenvalue weighted by Crippen LogP contribution is 2.52. The molecule has 0 aromatic heterocycles. The fourth-order valence-electron chi connectivity index (χ4n) is 5.21. The molecule has 3 nitrogen and oxygen atoms in total. The Morgan fingerprint density at radius 2 is 1.62 bits per heavy atom. The molecule has 26 heavy (non-hydrogen) atoms. The quantitative estimate of drug-likeness (QED) is 0.768. The summed E-state index contributed by atoms with van der Waals surface area (Å²) in [7, 11) is 4.33. The van der Waals surface area contributed by atoms with E-state index in [9.17, 15) is 4.79 Å². The van der Waals surface area contributed by atoms with Crippen LogP contribution in [0.25, 0.3) is 0 Å². The lowest BCUT2D eigenvalue weighted by atomic mass is 9.58. The molecule has 3 aliphatic rings. The normalized spacial score (nSPS) is 30.3. The molecule has 0 N–H and O–H groups in total. The van der Waals surface area contributed by atoms with Crippen molar-refractivity contribution in [2.24, 2.45) is 11.8 Å². The number of hydrogen-bond donors (Lipinski definition) is 0. The van der Waals surface area contributed by atoms with Gasteiger partial charge in [0.15, 0.2) is 0 Å². The first-order valence-electron chi connectivity index (χ1n) is 9.62. The van der Waals surface area contributed by atoms with E-state index in [1.165, 1.54) is 12.0 Å². The van der Waals surface area contributed by atoms with Crippen LogP contribution in [0.15, 0.2) is 60.7 Å². The van der Waals surface area contributed by atoms with Gasteiger partial charge >= 0.3 is 5.97 Å². The summed E-state index contributed by atoms with van der Waals surface area (Å²) < 4.78 is 6.01. The number of carbonyl (C=O) groups is 1. The summed E-state index contributed by atoms with van der Waals surface area (Å²) in [6, 6.07) is 20.6. The number of esters is 1. The van der Waals surface area contributed by atoms with E-state index in [-0.39, 0.29) is 12.1 Å². The van der Waals surface area contributed by atoms with Gasteiger partial charge in [-0.05, 0) is 57.0 Å². The number of hydrogen-bond acceptors (Lipinski definition) is 3. The van der Waals surface area contributed by atoms with E-state index in [2.05, 4.69) is 49.3 Å². The zero-order valence-electron chi connectivity index (χ0n) is 15.5. The zero-order valence-corrected chi connectivity index (χ0v) is 15.5. The maximum atomic E-state index is 12.6. The summed E-state index contributed by atoms with van der Waals surface area (Å²) in [5, 5.41) is 0. The fourth-order valence-corrected chi connectivity index (χ4v) is 5.21. The Hall–Kier alpha value is -2.13. The summed E-state index contributed by atoms with van der Waals surface area (Å²) in [6.07, 6.45) is 3.37. The highest BCUT2D eigenvalue weighted by Gasteiger charge is 2.51. The van der Waals surface area contributed by atoms with Crippen LogP contribution in [0.2, 0.25) is 0 Å². The first kappa shape index (κ1) is 17.3. The Morgan fingerprint density at radius 1 is 0.962 bits per heavy atom. The molecule has 5 rings (SSSR count). The van der Waals surface area contributed by atoms with Gasteiger partial charge in [-0.15, -0.1) is 0 Å². The molecule has 2 bridgehead atoms. The largest absolute Gasteiger partial charge is 0.458 e. The SMILES string of the molecule is CN(C)[C@H]1[C@@H]2CC[C@@H](C[C@@H]2OC(=O)c2ccccc2)[C@@H]1c1ccccc1. The predicted molar refractivity (Wildman–Crippen MR) is 103 cm³/mol. The van der Waals surface area contributed by atoms with Crippen molar-refractivity contribution in [2.45, 2.75) is 37.3 Å². The third kappa shape index (κ3) is 3.16. The number of ether oxygens (including phenoxy) is 1. The Labute approximate surface area is 156 Å². The van der Waals surface area contributed by atoms with Crippen molar-refractivity contribution in [3.8, 4) is 0 Å². The van der Waals surface area contributed by atoms with Crippen LogP contribution in [0, 0.1) is 11.8 Å². The zero-order chi connectivity index (χ0) is 18.1. The van der Waals surface area contributed by atoms with Gasteiger partial charge in [0.05, 0.1) is 5.56 Å². The molecule has 136 valence electrons. The maximum absolute atomic E-state index is 12.6.